The lowest BCUT2D eigenvalue weighted by Gasteiger charge is -2.13. The predicted molar refractivity (Wildman–Crippen MR) is 85.9 cm³/mol. The number of hydrogen-bond donors (Lipinski definition) is 0. The number of benzene rings is 1. The van der Waals surface area contributed by atoms with Gasteiger partial charge in [-0.1, -0.05) is 68.5 Å². The van der Waals surface area contributed by atoms with Gasteiger partial charge in [0.15, 0.2) is 0 Å². The smallest absolute Gasteiger partial charge is 0.302 e. The van der Waals surface area contributed by atoms with Gasteiger partial charge in [-0.2, -0.15) is 0 Å². The molecule has 0 aromatic heterocycles. The molecule has 2 heteroatoms. The highest BCUT2D eigenvalue weighted by Gasteiger charge is 2.06. The first-order valence-electron chi connectivity index (χ1n) is 7.66. The second-order valence-corrected chi connectivity index (χ2v) is 5.37. The minimum atomic E-state index is -0.162. The van der Waals surface area contributed by atoms with Crippen LogP contribution in [0.25, 0.3) is 0 Å². The topological polar surface area (TPSA) is 26.3 Å². The highest BCUT2D eigenvalue weighted by Crippen LogP contribution is 2.12. The first-order valence-corrected chi connectivity index (χ1v) is 7.66. The van der Waals surface area contributed by atoms with Crippen molar-refractivity contribution in [1.82, 2.24) is 0 Å². The fourth-order valence-electron chi connectivity index (χ4n) is 1.77. The molecule has 0 fully saturated rings. The SMILES string of the molecule is CCCCC(CC)COC(C)=O.Cc1ccc(C)cc1. The van der Waals surface area contributed by atoms with Crippen molar-refractivity contribution in [1.29, 1.82) is 0 Å². The third-order valence-electron chi connectivity index (χ3n) is 3.28. The number of aryl methyl sites for hydroxylation is 2. The van der Waals surface area contributed by atoms with Gasteiger partial charge in [-0.15, -0.1) is 0 Å². The molecule has 0 saturated heterocycles. The van der Waals surface area contributed by atoms with E-state index >= 15 is 0 Å². The van der Waals surface area contributed by atoms with Crippen molar-refractivity contribution in [3.8, 4) is 0 Å². The molecule has 0 N–H and O–H groups in total. The summed E-state index contributed by atoms with van der Waals surface area (Å²) < 4.78 is 4.95. The van der Waals surface area contributed by atoms with E-state index in [-0.39, 0.29) is 5.97 Å². The molecular formula is C18H30O2. The fourth-order valence-corrected chi connectivity index (χ4v) is 1.77. The average molecular weight is 278 g/mol. The van der Waals surface area contributed by atoms with E-state index in [9.17, 15) is 4.79 Å². The molecule has 0 aliphatic rings. The minimum absolute atomic E-state index is 0.162. The maximum absolute atomic E-state index is 10.5. The maximum Gasteiger partial charge on any atom is 0.302 e. The number of carbonyl (C=O) groups excluding carboxylic acids is 1. The number of ether oxygens (including phenoxy) is 1. The van der Waals surface area contributed by atoms with Crippen molar-refractivity contribution in [3.63, 3.8) is 0 Å². The van der Waals surface area contributed by atoms with Gasteiger partial charge in [0, 0.05) is 6.92 Å². The van der Waals surface area contributed by atoms with Crippen molar-refractivity contribution in [2.45, 2.75) is 60.3 Å². The molecule has 114 valence electrons. The number of carbonyl (C=O) groups is 1. The van der Waals surface area contributed by atoms with E-state index in [1.165, 1.54) is 37.3 Å². The lowest BCUT2D eigenvalue weighted by molar-refractivity contribution is -0.142. The van der Waals surface area contributed by atoms with Crippen molar-refractivity contribution in [2.24, 2.45) is 5.92 Å². The Morgan fingerprint density at radius 3 is 1.95 bits per heavy atom. The Morgan fingerprint density at radius 2 is 1.60 bits per heavy atom. The summed E-state index contributed by atoms with van der Waals surface area (Å²) in [7, 11) is 0. The minimum Gasteiger partial charge on any atom is -0.466 e. The van der Waals surface area contributed by atoms with Crippen molar-refractivity contribution in [3.05, 3.63) is 35.4 Å². The molecule has 0 amide bonds. The molecule has 1 atom stereocenters. The van der Waals surface area contributed by atoms with Gasteiger partial charge in [0.2, 0.25) is 0 Å². The molecule has 1 unspecified atom stereocenters. The Bertz CT molecular complexity index is 333. The van der Waals surface area contributed by atoms with Crippen LogP contribution in [0.3, 0.4) is 0 Å². The van der Waals surface area contributed by atoms with Gasteiger partial charge in [0.1, 0.15) is 0 Å². The quantitative estimate of drug-likeness (QED) is 0.679. The van der Waals surface area contributed by atoms with Crippen molar-refractivity contribution >= 4 is 5.97 Å². The van der Waals surface area contributed by atoms with Crippen LogP contribution < -0.4 is 0 Å². The van der Waals surface area contributed by atoms with E-state index in [4.69, 9.17) is 4.74 Å². The largest absolute Gasteiger partial charge is 0.466 e. The van der Waals surface area contributed by atoms with Crippen LogP contribution in [0.1, 0.15) is 57.6 Å². The molecule has 1 aromatic carbocycles. The maximum atomic E-state index is 10.5. The van der Waals surface area contributed by atoms with Crippen LogP contribution in [0, 0.1) is 19.8 Å². The van der Waals surface area contributed by atoms with Crippen LogP contribution >= 0.6 is 0 Å². The van der Waals surface area contributed by atoms with Gasteiger partial charge in [0.25, 0.3) is 0 Å². The van der Waals surface area contributed by atoms with Crippen molar-refractivity contribution in [2.75, 3.05) is 6.61 Å². The molecule has 2 nitrogen and oxygen atoms in total. The molecule has 0 saturated carbocycles. The highest BCUT2D eigenvalue weighted by molar-refractivity contribution is 5.65. The van der Waals surface area contributed by atoms with Gasteiger partial charge in [-0.05, 0) is 26.2 Å². The zero-order valence-electron chi connectivity index (χ0n) is 13.7. The Kier molecular flexibility index (Phi) is 10.8. The van der Waals surface area contributed by atoms with Gasteiger partial charge >= 0.3 is 5.97 Å². The summed E-state index contributed by atoms with van der Waals surface area (Å²) in [4.78, 5) is 10.5. The summed E-state index contributed by atoms with van der Waals surface area (Å²) in [6.45, 7) is 10.6. The zero-order chi connectivity index (χ0) is 15.4. The normalized spacial score (nSPS) is 11.2. The lowest BCUT2D eigenvalue weighted by Crippen LogP contribution is -2.11. The van der Waals surface area contributed by atoms with Crippen LogP contribution in [-0.4, -0.2) is 12.6 Å². The van der Waals surface area contributed by atoms with Crippen LogP contribution in [0.15, 0.2) is 24.3 Å². The molecule has 0 bridgehead atoms. The molecule has 0 heterocycles. The Balaban J connectivity index is 0.000000388. The van der Waals surface area contributed by atoms with Crippen LogP contribution in [0.4, 0.5) is 0 Å². The fraction of sp³-hybridized carbons (Fsp3) is 0.611. The molecule has 20 heavy (non-hydrogen) atoms. The highest BCUT2D eigenvalue weighted by atomic mass is 16.5. The summed E-state index contributed by atoms with van der Waals surface area (Å²) in [6, 6.07) is 8.48. The lowest BCUT2D eigenvalue weighted by atomic mass is 10.0. The van der Waals surface area contributed by atoms with Gasteiger partial charge in [0.05, 0.1) is 6.61 Å². The van der Waals surface area contributed by atoms with E-state index in [1.54, 1.807) is 0 Å². The zero-order valence-corrected chi connectivity index (χ0v) is 13.7. The molecule has 0 aliphatic heterocycles. The van der Waals surface area contributed by atoms with Crippen LogP contribution in [-0.2, 0) is 9.53 Å². The van der Waals surface area contributed by atoms with Gasteiger partial charge in [-0.3, -0.25) is 4.79 Å². The third-order valence-corrected chi connectivity index (χ3v) is 3.28. The summed E-state index contributed by atoms with van der Waals surface area (Å²) in [6.07, 6.45) is 4.74. The second-order valence-electron chi connectivity index (χ2n) is 5.37. The second kappa shape index (κ2) is 11.5. The standard InChI is InChI=1S/C10H20O2.C8H10/c1-4-6-7-10(5-2)8-12-9(3)11;1-7-3-5-8(2)6-4-7/h10H,4-8H2,1-3H3;3-6H,1-2H3. The van der Waals surface area contributed by atoms with E-state index in [0.717, 1.165) is 6.42 Å². The van der Waals surface area contributed by atoms with E-state index in [2.05, 4.69) is 52.0 Å². The number of unbranched alkanes of at least 4 members (excludes halogenated alkanes) is 1. The van der Waals surface area contributed by atoms with E-state index < -0.39 is 0 Å². The molecule has 1 rings (SSSR count). The average Bonchev–Trinajstić information content (AvgIpc) is 2.43. The number of hydrogen-bond acceptors (Lipinski definition) is 2. The summed E-state index contributed by atoms with van der Waals surface area (Å²) in [5.41, 5.74) is 2.66. The summed E-state index contributed by atoms with van der Waals surface area (Å²) >= 11 is 0. The molecule has 0 aliphatic carbocycles. The number of esters is 1. The summed E-state index contributed by atoms with van der Waals surface area (Å²) in [5, 5.41) is 0. The van der Waals surface area contributed by atoms with Crippen LogP contribution in [0.2, 0.25) is 0 Å². The molecular weight excluding hydrogens is 248 g/mol. The van der Waals surface area contributed by atoms with Gasteiger partial charge in [-0.25, -0.2) is 0 Å². The molecule has 0 radical (unpaired) electrons. The van der Waals surface area contributed by atoms with Gasteiger partial charge < -0.3 is 4.74 Å². The Hall–Kier alpha value is -1.31. The van der Waals surface area contributed by atoms with Crippen molar-refractivity contribution < 1.29 is 9.53 Å². The monoisotopic (exact) mass is 278 g/mol. The van der Waals surface area contributed by atoms with E-state index in [0.29, 0.717) is 12.5 Å². The molecule has 0 spiro atoms. The van der Waals surface area contributed by atoms with E-state index in [1.807, 2.05) is 0 Å². The third kappa shape index (κ3) is 10.6. The summed E-state index contributed by atoms with van der Waals surface area (Å²) in [5.74, 6) is 0.402. The molecule has 1 aromatic rings. The first kappa shape index (κ1) is 18.7. The Labute approximate surface area is 124 Å². The first-order chi connectivity index (χ1) is 9.49. The Morgan fingerprint density at radius 1 is 1.10 bits per heavy atom. The number of rotatable bonds is 6. The predicted octanol–water partition coefficient (Wildman–Crippen LogP) is 5.07. The van der Waals surface area contributed by atoms with Crippen LogP contribution in [0.5, 0.6) is 0 Å².